The van der Waals surface area contributed by atoms with Gasteiger partial charge < -0.3 is 5.73 Å². The summed E-state index contributed by atoms with van der Waals surface area (Å²) in [6, 6.07) is 0. The number of hydrogen-bond donors (Lipinski definition) is 1. The van der Waals surface area contributed by atoms with Crippen LogP contribution in [0.15, 0.2) is 29.3 Å². The zero-order valence-corrected chi connectivity index (χ0v) is 6.33. The van der Waals surface area contributed by atoms with Crippen molar-refractivity contribution in [3.63, 3.8) is 0 Å². The van der Waals surface area contributed by atoms with E-state index in [1.807, 2.05) is 25.2 Å². The maximum atomic E-state index is 5.12. The van der Waals surface area contributed by atoms with E-state index in [0.717, 1.165) is 6.42 Å². The molecular weight excluding hydrogens is 124 g/mol. The fraction of sp³-hybridized carbons (Fsp3) is 0.375. The molecule has 56 valence electrons. The van der Waals surface area contributed by atoms with Crippen molar-refractivity contribution in [1.82, 2.24) is 0 Å². The van der Waals surface area contributed by atoms with Crippen LogP contribution in [0.25, 0.3) is 0 Å². The zero-order chi connectivity index (χ0) is 7.66. The minimum absolute atomic E-state index is 0.369. The van der Waals surface area contributed by atoms with Crippen molar-refractivity contribution in [2.75, 3.05) is 6.67 Å². The molecule has 0 bridgehead atoms. The Morgan fingerprint density at radius 2 is 2.20 bits per heavy atom. The van der Waals surface area contributed by atoms with Gasteiger partial charge in [0, 0.05) is 6.21 Å². The molecule has 0 spiro atoms. The van der Waals surface area contributed by atoms with Crippen LogP contribution in [0.5, 0.6) is 0 Å². The quantitative estimate of drug-likeness (QED) is 0.464. The van der Waals surface area contributed by atoms with Gasteiger partial charge in [-0.2, -0.15) is 0 Å². The second-order valence-corrected chi connectivity index (χ2v) is 1.75. The molecule has 0 aliphatic carbocycles. The largest absolute Gasteiger partial charge is 0.312 e. The van der Waals surface area contributed by atoms with Crippen LogP contribution in [0.1, 0.15) is 13.3 Å². The number of aliphatic imine (C=N–C) groups is 1. The molecule has 0 aromatic heterocycles. The summed E-state index contributed by atoms with van der Waals surface area (Å²) in [6.07, 6.45) is 10.7. The Morgan fingerprint density at radius 1 is 1.40 bits per heavy atom. The van der Waals surface area contributed by atoms with Gasteiger partial charge in [0.25, 0.3) is 0 Å². The highest BCUT2D eigenvalue weighted by Gasteiger charge is 1.66. The van der Waals surface area contributed by atoms with Crippen molar-refractivity contribution in [2.24, 2.45) is 10.7 Å². The molecule has 0 rings (SSSR count). The van der Waals surface area contributed by atoms with Gasteiger partial charge in [-0.1, -0.05) is 18.2 Å². The van der Waals surface area contributed by atoms with Gasteiger partial charge in [-0.05, 0) is 19.4 Å². The molecule has 0 aliphatic heterocycles. The van der Waals surface area contributed by atoms with E-state index in [-0.39, 0.29) is 0 Å². The first-order valence-electron chi connectivity index (χ1n) is 3.38. The SMILES string of the molecule is CC=CC/C=C/C=NCN. The minimum atomic E-state index is 0.369. The summed E-state index contributed by atoms with van der Waals surface area (Å²) < 4.78 is 0. The highest BCUT2D eigenvalue weighted by molar-refractivity contribution is 5.70. The third-order valence-corrected chi connectivity index (χ3v) is 0.941. The molecule has 0 amide bonds. The van der Waals surface area contributed by atoms with Crippen LogP contribution < -0.4 is 5.73 Å². The van der Waals surface area contributed by atoms with Crippen molar-refractivity contribution in [3.05, 3.63) is 24.3 Å². The van der Waals surface area contributed by atoms with Gasteiger partial charge in [0.15, 0.2) is 0 Å². The van der Waals surface area contributed by atoms with Crippen LogP contribution in [-0.2, 0) is 0 Å². The number of nitrogens with two attached hydrogens (primary N) is 1. The van der Waals surface area contributed by atoms with Gasteiger partial charge in [0.05, 0.1) is 6.67 Å². The number of hydrogen-bond acceptors (Lipinski definition) is 2. The summed E-state index contributed by atoms with van der Waals surface area (Å²) in [5.41, 5.74) is 5.12. The third kappa shape index (κ3) is 7.11. The van der Waals surface area contributed by atoms with Gasteiger partial charge in [-0.25, -0.2) is 0 Å². The minimum Gasteiger partial charge on any atom is -0.312 e. The van der Waals surface area contributed by atoms with E-state index in [9.17, 15) is 0 Å². The molecule has 0 atom stereocenters. The summed E-state index contributed by atoms with van der Waals surface area (Å²) in [5, 5.41) is 0. The van der Waals surface area contributed by atoms with Gasteiger partial charge >= 0.3 is 0 Å². The van der Waals surface area contributed by atoms with Crippen molar-refractivity contribution in [1.29, 1.82) is 0 Å². The van der Waals surface area contributed by atoms with Crippen LogP contribution in [0, 0.1) is 0 Å². The summed E-state index contributed by atoms with van der Waals surface area (Å²) in [7, 11) is 0. The van der Waals surface area contributed by atoms with Gasteiger partial charge in [-0.15, -0.1) is 0 Å². The molecule has 0 saturated carbocycles. The van der Waals surface area contributed by atoms with E-state index in [4.69, 9.17) is 5.73 Å². The Balaban J connectivity index is 3.28. The normalized spacial score (nSPS) is 12.6. The molecule has 0 aromatic carbocycles. The topological polar surface area (TPSA) is 38.4 Å². The maximum Gasteiger partial charge on any atom is 0.0859 e. The molecule has 0 aliphatic rings. The van der Waals surface area contributed by atoms with Crippen LogP contribution in [0.2, 0.25) is 0 Å². The molecule has 0 fully saturated rings. The molecule has 0 unspecified atom stereocenters. The molecule has 0 saturated heterocycles. The highest BCUT2D eigenvalue weighted by Crippen LogP contribution is 1.82. The first-order valence-corrected chi connectivity index (χ1v) is 3.38. The van der Waals surface area contributed by atoms with Gasteiger partial charge in [0.1, 0.15) is 0 Å². The fourth-order valence-electron chi connectivity index (χ4n) is 0.476. The van der Waals surface area contributed by atoms with Crippen molar-refractivity contribution in [3.8, 4) is 0 Å². The van der Waals surface area contributed by atoms with Crippen molar-refractivity contribution >= 4 is 6.21 Å². The molecule has 0 aromatic rings. The molecular formula is C8H14N2. The number of allylic oxidation sites excluding steroid dienone is 4. The average Bonchev–Trinajstić information content (AvgIpc) is 1.97. The van der Waals surface area contributed by atoms with Crippen molar-refractivity contribution in [2.45, 2.75) is 13.3 Å². The first-order chi connectivity index (χ1) is 4.91. The third-order valence-electron chi connectivity index (χ3n) is 0.941. The van der Waals surface area contributed by atoms with Crippen molar-refractivity contribution < 1.29 is 0 Å². The summed E-state index contributed by atoms with van der Waals surface area (Å²) in [6.45, 7) is 2.37. The molecule has 2 N–H and O–H groups in total. The maximum absolute atomic E-state index is 5.12. The molecule has 0 radical (unpaired) electrons. The first kappa shape index (κ1) is 9.11. The van der Waals surface area contributed by atoms with E-state index >= 15 is 0 Å². The summed E-state index contributed by atoms with van der Waals surface area (Å²) in [4.78, 5) is 3.81. The second kappa shape index (κ2) is 8.11. The van der Waals surface area contributed by atoms with Crippen LogP contribution in [0.4, 0.5) is 0 Å². The van der Waals surface area contributed by atoms with E-state index in [0.29, 0.717) is 6.67 Å². The zero-order valence-electron chi connectivity index (χ0n) is 6.33. The van der Waals surface area contributed by atoms with Crippen LogP contribution >= 0.6 is 0 Å². The monoisotopic (exact) mass is 138 g/mol. The van der Waals surface area contributed by atoms with E-state index in [1.165, 1.54) is 0 Å². The van der Waals surface area contributed by atoms with Crippen LogP contribution in [-0.4, -0.2) is 12.9 Å². The second-order valence-electron chi connectivity index (χ2n) is 1.75. The Bertz CT molecular complexity index is 134. The lowest BCUT2D eigenvalue weighted by molar-refractivity contribution is 1.08. The lowest BCUT2D eigenvalue weighted by Gasteiger charge is -1.78. The summed E-state index contributed by atoms with van der Waals surface area (Å²) >= 11 is 0. The van der Waals surface area contributed by atoms with E-state index in [2.05, 4.69) is 11.1 Å². The average molecular weight is 138 g/mol. The van der Waals surface area contributed by atoms with E-state index in [1.54, 1.807) is 6.21 Å². The fourth-order valence-corrected chi connectivity index (χ4v) is 0.476. The Kier molecular flexibility index (Phi) is 7.39. The molecule has 2 heteroatoms. The lowest BCUT2D eigenvalue weighted by Crippen LogP contribution is -1.92. The number of rotatable bonds is 4. The molecule has 10 heavy (non-hydrogen) atoms. The molecule has 0 heterocycles. The Hall–Kier alpha value is -0.890. The van der Waals surface area contributed by atoms with Crippen LogP contribution in [0.3, 0.4) is 0 Å². The lowest BCUT2D eigenvalue weighted by atomic mass is 10.3. The van der Waals surface area contributed by atoms with E-state index < -0.39 is 0 Å². The standard InChI is InChI=1S/C8H14N2/c1-2-3-4-5-6-7-10-8-9/h2-3,5-7H,4,8-9H2,1H3/b3-2?,6-5+,10-7?. The van der Waals surface area contributed by atoms with Gasteiger partial charge in [-0.3, -0.25) is 4.99 Å². The highest BCUT2D eigenvalue weighted by atomic mass is 14.8. The predicted molar refractivity (Wildman–Crippen MR) is 46.1 cm³/mol. The smallest absolute Gasteiger partial charge is 0.0859 e. The number of nitrogens with zero attached hydrogens (tertiary/aromatic N) is 1. The Labute approximate surface area is 62.1 Å². The summed E-state index contributed by atoms with van der Waals surface area (Å²) in [5.74, 6) is 0. The Morgan fingerprint density at radius 3 is 2.80 bits per heavy atom. The predicted octanol–water partition coefficient (Wildman–Crippen LogP) is 1.50. The van der Waals surface area contributed by atoms with Gasteiger partial charge in [0.2, 0.25) is 0 Å². The molecule has 2 nitrogen and oxygen atoms in total.